The van der Waals surface area contributed by atoms with Gasteiger partial charge in [0, 0.05) is 4.57 Å². The zero-order chi connectivity index (χ0) is 20.5. The van der Waals surface area contributed by atoms with E-state index in [0.29, 0.717) is 11.5 Å². The average molecular weight is 491 g/mol. The third kappa shape index (κ3) is 9.56. The first kappa shape index (κ1) is 23.4. The van der Waals surface area contributed by atoms with Crippen molar-refractivity contribution in [3.8, 4) is 11.5 Å². The summed E-state index contributed by atoms with van der Waals surface area (Å²) in [6.45, 7) is -0.969. The maximum Gasteiger partial charge on any atom is 0.759 e. The predicted molar refractivity (Wildman–Crippen MR) is 105 cm³/mol. The Balaban J connectivity index is 1.64. The Morgan fingerprint density at radius 3 is 1.39 bits per heavy atom. The van der Waals surface area contributed by atoms with E-state index in [1.165, 1.54) is 0 Å². The van der Waals surface area contributed by atoms with E-state index in [4.69, 9.17) is 55.9 Å². The molecule has 28 heavy (non-hydrogen) atoms. The quantitative estimate of drug-likeness (QED) is 0.157. The van der Waals surface area contributed by atoms with E-state index in [1.54, 1.807) is 60.7 Å². The number of hydrogen-bond acceptors (Lipinski definition) is 7. The van der Waals surface area contributed by atoms with E-state index in [2.05, 4.69) is 19.1 Å². The minimum atomic E-state index is -2.85. The lowest BCUT2D eigenvalue weighted by Gasteiger charge is -2.19. The summed E-state index contributed by atoms with van der Waals surface area (Å²) in [5, 5.41) is 0. The molecule has 0 aliphatic carbocycles. The second kappa shape index (κ2) is 11.4. The highest BCUT2D eigenvalue weighted by molar-refractivity contribution is 7.32. The van der Waals surface area contributed by atoms with Crippen LogP contribution in [0.3, 0.4) is 0 Å². The molecule has 2 aromatic carbocycles. The molecule has 0 amide bonds. The average Bonchev–Trinajstić information content (AvgIpc) is 2.62. The molecule has 0 bridgehead atoms. The van der Waals surface area contributed by atoms with Gasteiger partial charge in [0.05, 0.1) is 9.35 Å². The SMILES string of the molecule is O=[P+](OOCC(Cl)(Cl)Oc1ccccc1)OOCC(Cl)(Cl)Oc1ccccc1. The maximum atomic E-state index is 11.5. The number of benzene rings is 2. The summed E-state index contributed by atoms with van der Waals surface area (Å²) in [6.07, 6.45) is 0. The Hall–Kier alpha value is -0.860. The van der Waals surface area contributed by atoms with Crippen molar-refractivity contribution in [2.45, 2.75) is 9.04 Å². The van der Waals surface area contributed by atoms with E-state index in [-0.39, 0.29) is 0 Å². The second-order valence-corrected chi connectivity index (χ2v) is 8.58. The van der Waals surface area contributed by atoms with Crippen LogP contribution in [0.4, 0.5) is 0 Å². The molecule has 0 unspecified atom stereocenters. The van der Waals surface area contributed by atoms with Crippen molar-refractivity contribution in [2.75, 3.05) is 13.2 Å². The van der Waals surface area contributed by atoms with Gasteiger partial charge >= 0.3 is 8.25 Å². The highest BCUT2D eigenvalue weighted by atomic mass is 35.5. The Morgan fingerprint density at radius 2 is 1.04 bits per heavy atom. The van der Waals surface area contributed by atoms with Crippen LogP contribution in [0.5, 0.6) is 11.5 Å². The van der Waals surface area contributed by atoms with Gasteiger partial charge in [0.1, 0.15) is 11.5 Å². The summed E-state index contributed by atoms with van der Waals surface area (Å²) in [7, 11) is -2.85. The summed E-state index contributed by atoms with van der Waals surface area (Å²) >= 11 is 23.7. The fourth-order valence-corrected chi connectivity index (χ4v) is 2.51. The van der Waals surface area contributed by atoms with Gasteiger partial charge in [-0.05, 0) is 24.3 Å². The van der Waals surface area contributed by atoms with Crippen molar-refractivity contribution in [1.29, 1.82) is 0 Å². The summed E-state index contributed by atoms with van der Waals surface area (Å²) < 4.78 is 27.4. The molecule has 7 nitrogen and oxygen atoms in total. The summed E-state index contributed by atoms with van der Waals surface area (Å²) in [5.74, 6) is 0.804. The van der Waals surface area contributed by atoms with E-state index >= 15 is 0 Å². The first-order valence-electron chi connectivity index (χ1n) is 7.56. The predicted octanol–water partition coefficient (Wildman–Crippen LogP) is 5.96. The number of halogens is 4. The lowest BCUT2D eigenvalue weighted by molar-refractivity contribution is -0.268. The normalized spacial score (nSPS) is 11.9. The van der Waals surface area contributed by atoms with Gasteiger partial charge in [0.25, 0.3) is 9.04 Å². The van der Waals surface area contributed by atoms with Crippen LogP contribution in [-0.4, -0.2) is 22.3 Å². The molecule has 2 rings (SSSR count). The minimum Gasteiger partial charge on any atom is -0.455 e. The van der Waals surface area contributed by atoms with Crippen LogP contribution in [0.15, 0.2) is 60.7 Å². The standard InChI is InChI=1S/C16H14Cl4O7P/c17-15(18,24-13-7-3-1-4-8-13)11-22-26-28(21)27-23-12-16(19,20)25-14-9-5-2-6-10-14/h1-10H,11-12H2/q+1. The van der Waals surface area contributed by atoms with Crippen LogP contribution in [0.2, 0.25) is 0 Å². The summed E-state index contributed by atoms with van der Waals surface area (Å²) in [6, 6.07) is 17.1. The molecule has 0 spiro atoms. The molecule has 0 saturated carbocycles. The number of ether oxygens (including phenoxy) is 2. The minimum absolute atomic E-state index is 0.402. The Bertz CT molecular complexity index is 673. The molecular weight excluding hydrogens is 477 g/mol. The Morgan fingerprint density at radius 1 is 0.679 bits per heavy atom. The van der Waals surface area contributed by atoms with Gasteiger partial charge in [-0.3, -0.25) is 0 Å². The van der Waals surface area contributed by atoms with Gasteiger partial charge in [0.2, 0.25) is 0 Å². The topological polar surface area (TPSA) is 72.5 Å². The van der Waals surface area contributed by atoms with Gasteiger partial charge in [-0.2, -0.15) is 9.78 Å². The zero-order valence-electron chi connectivity index (χ0n) is 14.0. The second-order valence-electron chi connectivity index (χ2n) is 5.00. The molecule has 12 heteroatoms. The molecule has 2 aromatic rings. The van der Waals surface area contributed by atoms with Gasteiger partial charge in [0.15, 0.2) is 13.2 Å². The Labute approximate surface area is 182 Å². The lowest BCUT2D eigenvalue weighted by Crippen LogP contribution is -2.28. The fourth-order valence-electron chi connectivity index (χ4n) is 1.67. The van der Waals surface area contributed by atoms with Crippen LogP contribution in [0.1, 0.15) is 0 Å². The van der Waals surface area contributed by atoms with Crippen molar-refractivity contribution in [1.82, 2.24) is 0 Å². The zero-order valence-corrected chi connectivity index (χ0v) is 17.9. The van der Waals surface area contributed by atoms with Crippen LogP contribution < -0.4 is 9.47 Å². The van der Waals surface area contributed by atoms with E-state index in [0.717, 1.165) is 0 Å². The van der Waals surface area contributed by atoms with Crippen LogP contribution in [0.25, 0.3) is 0 Å². The summed E-state index contributed by atoms with van der Waals surface area (Å²) in [4.78, 5) is 9.27. The highest BCUT2D eigenvalue weighted by Gasteiger charge is 2.34. The number of alkyl halides is 4. The molecule has 0 N–H and O–H groups in total. The highest BCUT2D eigenvalue weighted by Crippen LogP contribution is 2.31. The van der Waals surface area contributed by atoms with Gasteiger partial charge < -0.3 is 9.47 Å². The van der Waals surface area contributed by atoms with E-state index < -0.39 is 30.5 Å². The van der Waals surface area contributed by atoms with Crippen LogP contribution in [-0.2, 0) is 23.7 Å². The molecule has 0 aliphatic heterocycles. The smallest absolute Gasteiger partial charge is 0.455 e. The number of rotatable bonds is 12. The van der Waals surface area contributed by atoms with Crippen molar-refractivity contribution in [2.24, 2.45) is 0 Å². The third-order valence-electron chi connectivity index (χ3n) is 2.70. The molecule has 0 aromatic heterocycles. The monoisotopic (exact) mass is 489 g/mol. The molecule has 0 fully saturated rings. The molecule has 0 atom stereocenters. The van der Waals surface area contributed by atoms with Crippen molar-refractivity contribution < 1.29 is 33.2 Å². The van der Waals surface area contributed by atoms with Crippen LogP contribution in [0, 0.1) is 0 Å². The van der Waals surface area contributed by atoms with Crippen molar-refractivity contribution in [3.63, 3.8) is 0 Å². The first-order chi connectivity index (χ1) is 13.3. The summed E-state index contributed by atoms with van der Waals surface area (Å²) in [5.41, 5.74) is 0. The molecule has 152 valence electrons. The molecule has 0 aliphatic rings. The first-order valence-corrected chi connectivity index (χ1v) is 10.2. The Kier molecular flexibility index (Phi) is 9.50. The van der Waals surface area contributed by atoms with Gasteiger partial charge in [-0.15, -0.1) is 0 Å². The van der Waals surface area contributed by atoms with Gasteiger partial charge in [-0.25, -0.2) is 0 Å². The van der Waals surface area contributed by atoms with Crippen molar-refractivity contribution >= 4 is 54.7 Å². The molecule has 0 saturated heterocycles. The third-order valence-corrected chi connectivity index (χ3v) is 3.90. The van der Waals surface area contributed by atoms with E-state index in [1.807, 2.05) is 0 Å². The largest absolute Gasteiger partial charge is 0.759 e. The fraction of sp³-hybridized carbons (Fsp3) is 0.250. The molecular formula is C16H14Cl4O7P+. The van der Waals surface area contributed by atoms with Gasteiger partial charge in [-0.1, -0.05) is 82.8 Å². The van der Waals surface area contributed by atoms with Crippen LogP contribution >= 0.6 is 54.7 Å². The maximum absolute atomic E-state index is 11.5. The molecule has 0 heterocycles. The number of hydrogen-bond donors (Lipinski definition) is 0. The van der Waals surface area contributed by atoms with Crippen molar-refractivity contribution in [3.05, 3.63) is 60.7 Å². The number of para-hydroxylation sites is 2. The molecule has 0 radical (unpaired) electrons. The van der Waals surface area contributed by atoms with E-state index in [9.17, 15) is 4.57 Å². The lowest BCUT2D eigenvalue weighted by atomic mass is 10.3.